The molecule has 1 aromatic rings. The van der Waals surface area contributed by atoms with Crippen LogP contribution in [-0.2, 0) is 11.3 Å². The van der Waals surface area contributed by atoms with Crippen molar-refractivity contribution in [3.63, 3.8) is 0 Å². The van der Waals surface area contributed by atoms with E-state index in [1.165, 1.54) is 31.2 Å². The number of guanidine groups is 1. The number of likely N-dealkylation sites (tertiary alicyclic amines) is 1. The molecule has 158 valence electrons. The Morgan fingerprint density at radius 2 is 1.97 bits per heavy atom. The van der Waals surface area contributed by atoms with Crippen LogP contribution in [0, 0.1) is 5.92 Å². The summed E-state index contributed by atoms with van der Waals surface area (Å²) in [7, 11) is 1.80. The number of aliphatic imine (C=N–C) groups is 1. The molecule has 29 heavy (non-hydrogen) atoms. The molecule has 0 bridgehead atoms. The van der Waals surface area contributed by atoms with E-state index in [1.54, 1.807) is 7.05 Å². The second-order valence-electron chi connectivity index (χ2n) is 8.54. The predicted molar refractivity (Wildman–Crippen MR) is 116 cm³/mol. The van der Waals surface area contributed by atoms with Gasteiger partial charge in [-0.05, 0) is 49.8 Å². The van der Waals surface area contributed by atoms with E-state index in [0.29, 0.717) is 12.5 Å². The van der Waals surface area contributed by atoms with Crippen LogP contribution in [0.5, 0.6) is 0 Å². The molecule has 2 saturated heterocycles. The van der Waals surface area contributed by atoms with Gasteiger partial charge in [-0.2, -0.15) is 0 Å². The number of aromatic nitrogens is 1. The van der Waals surface area contributed by atoms with Crippen molar-refractivity contribution in [2.24, 2.45) is 10.9 Å². The summed E-state index contributed by atoms with van der Waals surface area (Å²) in [4.78, 5) is 25.9. The van der Waals surface area contributed by atoms with E-state index in [2.05, 4.69) is 37.6 Å². The summed E-state index contributed by atoms with van der Waals surface area (Å²) in [6.45, 7) is 4.55. The molecule has 1 atom stereocenters. The number of pyridine rings is 1. The smallest absolute Gasteiger partial charge is 0.225 e. The number of carbonyl (C=O) groups is 1. The normalized spacial score (nSPS) is 23.1. The van der Waals surface area contributed by atoms with Crippen LogP contribution in [0.15, 0.2) is 23.3 Å². The number of hydrogen-bond acceptors (Lipinski definition) is 4. The van der Waals surface area contributed by atoms with Gasteiger partial charge in [-0.1, -0.05) is 12.8 Å². The van der Waals surface area contributed by atoms with Gasteiger partial charge in [0, 0.05) is 57.9 Å². The van der Waals surface area contributed by atoms with Gasteiger partial charge in [0.1, 0.15) is 5.82 Å². The number of hydrogen-bond donors (Lipinski definition) is 2. The fourth-order valence-electron chi connectivity index (χ4n) is 4.77. The Kier molecular flexibility index (Phi) is 6.52. The average Bonchev–Trinajstić information content (AvgIpc) is 3.53. The highest BCUT2D eigenvalue weighted by atomic mass is 16.2. The molecule has 2 aliphatic heterocycles. The van der Waals surface area contributed by atoms with Gasteiger partial charge in [0.25, 0.3) is 0 Å². The van der Waals surface area contributed by atoms with Crippen molar-refractivity contribution in [3.8, 4) is 0 Å². The Balaban J connectivity index is 1.26. The molecule has 0 spiro atoms. The topological polar surface area (TPSA) is 72.9 Å². The lowest BCUT2D eigenvalue weighted by Crippen LogP contribution is -2.45. The Hall–Kier alpha value is -2.31. The number of amides is 1. The highest BCUT2D eigenvalue weighted by molar-refractivity contribution is 5.81. The first-order chi connectivity index (χ1) is 14.2. The molecular formula is C22H34N6O. The lowest BCUT2D eigenvalue weighted by atomic mass is 10.1. The van der Waals surface area contributed by atoms with Gasteiger partial charge in [-0.3, -0.25) is 9.79 Å². The molecule has 1 saturated carbocycles. The summed E-state index contributed by atoms with van der Waals surface area (Å²) >= 11 is 0. The SMILES string of the molecule is CN=C(NCc1ccnc(N2CCCC2)c1)NC1CCN(C(=O)C2CCCC2)C1. The van der Waals surface area contributed by atoms with Crippen LogP contribution in [-0.4, -0.2) is 61.0 Å². The van der Waals surface area contributed by atoms with Crippen LogP contribution in [0.25, 0.3) is 0 Å². The molecule has 3 aliphatic rings. The van der Waals surface area contributed by atoms with E-state index in [4.69, 9.17) is 0 Å². The van der Waals surface area contributed by atoms with Crippen LogP contribution in [0.1, 0.15) is 50.5 Å². The molecule has 0 aromatic carbocycles. The number of anilines is 1. The summed E-state index contributed by atoms with van der Waals surface area (Å²) in [5.41, 5.74) is 1.20. The predicted octanol–water partition coefficient (Wildman–Crippen LogP) is 2.14. The molecule has 1 aliphatic carbocycles. The maximum absolute atomic E-state index is 12.6. The highest BCUT2D eigenvalue weighted by Gasteiger charge is 2.32. The number of carbonyl (C=O) groups excluding carboxylic acids is 1. The van der Waals surface area contributed by atoms with Gasteiger partial charge in [-0.15, -0.1) is 0 Å². The maximum Gasteiger partial charge on any atom is 0.225 e. The van der Waals surface area contributed by atoms with Crippen molar-refractivity contribution in [2.75, 3.05) is 38.1 Å². The Morgan fingerprint density at radius 3 is 2.72 bits per heavy atom. The minimum atomic E-state index is 0.266. The third kappa shape index (κ3) is 5.00. The van der Waals surface area contributed by atoms with Gasteiger partial charge in [0.05, 0.1) is 0 Å². The zero-order valence-corrected chi connectivity index (χ0v) is 17.6. The van der Waals surface area contributed by atoms with Gasteiger partial charge < -0.3 is 20.4 Å². The summed E-state index contributed by atoms with van der Waals surface area (Å²) in [6, 6.07) is 4.49. The quantitative estimate of drug-likeness (QED) is 0.587. The average molecular weight is 399 g/mol. The number of nitrogens with zero attached hydrogens (tertiary/aromatic N) is 4. The molecule has 1 aromatic heterocycles. The lowest BCUT2D eigenvalue weighted by molar-refractivity contribution is -0.134. The summed E-state index contributed by atoms with van der Waals surface area (Å²) in [5, 5.41) is 6.92. The molecule has 1 amide bonds. The molecule has 1 unspecified atom stereocenters. The fraction of sp³-hybridized carbons (Fsp3) is 0.682. The van der Waals surface area contributed by atoms with Crippen molar-refractivity contribution >= 4 is 17.7 Å². The van der Waals surface area contributed by atoms with Gasteiger partial charge >= 0.3 is 0 Å². The first-order valence-corrected chi connectivity index (χ1v) is 11.2. The largest absolute Gasteiger partial charge is 0.357 e. The van der Waals surface area contributed by atoms with E-state index in [0.717, 1.165) is 57.2 Å². The first-order valence-electron chi connectivity index (χ1n) is 11.2. The minimum absolute atomic E-state index is 0.266. The van der Waals surface area contributed by atoms with E-state index < -0.39 is 0 Å². The first kappa shape index (κ1) is 20.0. The van der Waals surface area contributed by atoms with Gasteiger partial charge in [0.2, 0.25) is 5.91 Å². The van der Waals surface area contributed by atoms with E-state index in [1.807, 2.05) is 11.1 Å². The standard InChI is InChI=1S/C22H34N6O/c1-23-22(25-15-17-8-10-24-20(14-17)27-11-4-5-12-27)26-19-9-13-28(16-19)21(29)18-6-2-3-7-18/h8,10,14,18-19H,2-7,9,11-13,15-16H2,1H3,(H2,23,25,26). The van der Waals surface area contributed by atoms with Crippen molar-refractivity contribution in [1.82, 2.24) is 20.5 Å². The molecule has 2 N–H and O–H groups in total. The zero-order valence-electron chi connectivity index (χ0n) is 17.6. The summed E-state index contributed by atoms with van der Waals surface area (Å²) in [6.07, 6.45) is 9.93. The Labute approximate surface area is 174 Å². The molecule has 7 heteroatoms. The number of rotatable bonds is 5. The van der Waals surface area contributed by atoms with E-state index in [-0.39, 0.29) is 12.0 Å². The molecular weight excluding hydrogens is 364 g/mol. The highest BCUT2D eigenvalue weighted by Crippen LogP contribution is 2.27. The van der Waals surface area contributed by atoms with Crippen molar-refractivity contribution < 1.29 is 4.79 Å². The Morgan fingerprint density at radius 1 is 1.17 bits per heavy atom. The second kappa shape index (κ2) is 9.46. The number of nitrogens with one attached hydrogen (secondary N) is 2. The molecule has 7 nitrogen and oxygen atoms in total. The lowest BCUT2D eigenvalue weighted by Gasteiger charge is -2.21. The monoisotopic (exact) mass is 398 g/mol. The van der Waals surface area contributed by atoms with Crippen LogP contribution >= 0.6 is 0 Å². The molecule has 4 rings (SSSR count). The Bertz CT molecular complexity index is 724. The molecule has 3 fully saturated rings. The fourth-order valence-corrected chi connectivity index (χ4v) is 4.77. The van der Waals surface area contributed by atoms with Crippen LogP contribution in [0.4, 0.5) is 5.82 Å². The second-order valence-corrected chi connectivity index (χ2v) is 8.54. The van der Waals surface area contributed by atoms with Gasteiger partial charge in [0.15, 0.2) is 5.96 Å². The third-order valence-corrected chi connectivity index (χ3v) is 6.47. The van der Waals surface area contributed by atoms with E-state index >= 15 is 0 Å². The van der Waals surface area contributed by atoms with Crippen molar-refractivity contribution in [3.05, 3.63) is 23.9 Å². The zero-order chi connectivity index (χ0) is 20.1. The molecule has 3 heterocycles. The van der Waals surface area contributed by atoms with Crippen LogP contribution in [0.3, 0.4) is 0 Å². The maximum atomic E-state index is 12.6. The van der Waals surface area contributed by atoms with Crippen molar-refractivity contribution in [1.29, 1.82) is 0 Å². The van der Waals surface area contributed by atoms with Gasteiger partial charge in [-0.25, -0.2) is 4.98 Å². The van der Waals surface area contributed by atoms with Crippen LogP contribution < -0.4 is 15.5 Å². The molecule has 0 radical (unpaired) electrons. The summed E-state index contributed by atoms with van der Waals surface area (Å²) in [5.74, 6) is 2.50. The minimum Gasteiger partial charge on any atom is -0.357 e. The third-order valence-electron chi connectivity index (χ3n) is 6.47. The van der Waals surface area contributed by atoms with Crippen LogP contribution in [0.2, 0.25) is 0 Å². The summed E-state index contributed by atoms with van der Waals surface area (Å²) < 4.78 is 0. The van der Waals surface area contributed by atoms with Crippen molar-refractivity contribution in [2.45, 2.75) is 57.5 Å². The van der Waals surface area contributed by atoms with E-state index in [9.17, 15) is 4.79 Å².